The van der Waals surface area contributed by atoms with E-state index in [9.17, 15) is 0 Å². The van der Waals surface area contributed by atoms with E-state index in [4.69, 9.17) is 5.73 Å². The summed E-state index contributed by atoms with van der Waals surface area (Å²) >= 11 is 5.26. The predicted molar refractivity (Wildman–Crippen MR) is 78.4 cm³/mol. The highest BCUT2D eigenvalue weighted by molar-refractivity contribution is 9.11. The van der Waals surface area contributed by atoms with E-state index in [0.29, 0.717) is 0 Å². The summed E-state index contributed by atoms with van der Waals surface area (Å²) in [6.07, 6.45) is 6.19. The first-order chi connectivity index (χ1) is 8.07. The normalized spacial score (nSPS) is 19.1. The van der Waals surface area contributed by atoms with E-state index in [1.165, 1.54) is 35.0 Å². The van der Waals surface area contributed by atoms with Crippen LogP contribution in [0.2, 0.25) is 0 Å². The van der Waals surface area contributed by atoms with E-state index in [0.717, 1.165) is 19.5 Å². The first-order valence-corrected chi connectivity index (χ1v) is 7.95. The number of hydrogen-bond donors (Lipinski definition) is 1. The second-order valence-corrected chi connectivity index (χ2v) is 7.61. The summed E-state index contributed by atoms with van der Waals surface area (Å²) < 4.78 is 1.21. The zero-order valence-corrected chi connectivity index (χ0v) is 12.8. The van der Waals surface area contributed by atoms with Crippen molar-refractivity contribution in [3.63, 3.8) is 0 Å². The van der Waals surface area contributed by atoms with E-state index in [1.54, 1.807) is 11.3 Å². The molecule has 0 radical (unpaired) electrons. The van der Waals surface area contributed by atoms with Gasteiger partial charge < -0.3 is 10.6 Å². The lowest BCUT2D eigenvalue weighted by molar-refractivity contribution is 0.274. The summed E-state index contributed by atoms with van der Waals surface area (Å²) in [5.41, 5.74) is 7.89. The lowest BCUT2D eigenvalue weighted by Gasteiger charge is -2.26. The van der Waals surface area contributed by atoms with Gasteiger partial charge in [-0.2, -0.15) is 0 Å². The molecule has 1 fully saturated rings. The number of rotatable bonds is 5. The zero-order chi connectivity index (χ0) is 12.3. The van der Waals surface area contributed by atoms with Crippen LogP contribution in [0.4, 0.5) is 0 Å². The molecule has 4 heteroatoms. The van der Waals surface area contributed by atoms with Crippen LogP contribution in [0.1, 0.15) is 37.7 Å². The van der Waals surface area contributed by atoms with Crippen molar-refractivity contribution in [2.24, 2.45) is 5.73 Å². The zero-order valence-electron chi connectivity index (χ0n) is 10.4. The van der Waals surface area contributed by atoms with Crippen molar-refractivity contribution in [2.45, 2.75) is 44.2 Å². The summed E-state index contributed by atoms with van der Waals surface area (Å²) in [4.78, 5) is 2.38. The van der Waals surface area contributed by atoms with Crippen molar-refractivity contribution < 1.29 is 0 Å². The molecule has 1 aromatic rings. The van der Waals surface area contributed by atoms with E-state index in [-0.39, 0.29) is 5.54 Å². The van der Waals surface area contributed by atoms with Crippen LogP contribution in [0.15, 0.2) is 15.2 Å². The summed E-state index contributed by atoms with van der Waals surface area (Å²) in [5.74, 6) is 0. The summed E-state index contributed by atoms with van der Waals surface area (Å²) in [5, 5.41) is 2.22. The Bertz CT molecular complexity index is 358. The van der Waals surface area contributed by atoms with Gasteiger partial charge in [0.2, 0.25) is 0 Å². The maximum atomic E-state index is 6.37. The molecule has 1 heterocycles. The molecule has 0 atom stereocenters. The molecule has 2 rings (SSSR count). The molecule has 1 aliphatic rings. The summed E-state index contributed by atoms with van der Waals surface area (Å²) in [6.45, 7) is 2.13. The van der Waals surface area contributed by atoms with E-state index < -0.39 is 0 Å². The first-order valence-electron chi connectivity index (χ1n) is 6.28. The van der Waals surface area contributed by atoms with E-state index in [2.05, 4.69) is 39.3 Å². The minimum absolute atomic E-state index is 0.128. The highest BCUT2D eigenvalue weighted by Crippen LogP contribution is 2.30. The van der Waals surface area contributed by atoms with E-state index >= 15 is 0 Å². The Labute approximate surface area is 116 Å². The summed E-state index contributed by atoms with van der Waals surface area (Å²) in [6, 6.07) is 2.20. The average molecular weight is 317 g/mol. The maximum absolute atomic E-state index is 6.37. The van der Waals surface area contributed by atoms with Gasteiger partial charge in [-0.1, -0.05) is 12.8 Å². The third-order valence-corrected chi connectivity index (χ3v) is 5.22. The predicted octanol–water partition coefficient (Wildman–Crippen LogP) is 3.60. The highest BCUT2D eigenvalue weighted by Gasteiger charge is 2.28. The molecule has 0 saturated heterocycles. The van der Waals surface area contributed by atoms with E-state index in [1.807, 2.05) is 0 Å². The Hall–Kier alpha value is 0.100. The van der Waals surface area contributed by atoms with Gasteiger partial charge in [0.15, 0.2) is 0 Å². The SMILES string of the molecule is CN(CCC1(N)CCCC1)Cc1csc(Br)c1. The molecule has 0 aliphatic heterocycles. The Morgan fingerprint density at radius 3 is 2.76 bits per heavy atom. The van der Waals surface area contributed by atoms with Crippen LogP contribution in [0, 0.1) is 0 Å². The molecule has 1 saturated carbocycles. The molecule has 0 spiro atoms. The molecule has 1 aromatic heterocycles. The molecule has 0 bridgehead atoms. The minimum Gasteiger partial charge on any atom is -0.325 e. The van der Waals surface area contributed by atoms with Crippen LogP contribution in [-0.2, 0) is 6.54 Å². The molecule has 17 heavy (non-hydrogen) atoms. The lowest BCUT2D eigenvalue weighted by Crippen LogP contribution is -2.39. The van der Waals surface area contributed by atoms with Crippen molar-refractivity contribution in [1.82, 2.24) is 4.90 Å². The number of thiophene rings is 1. The van der Waals surface area contributed by atoms with Crippen molar-refractivity contribution >= 4 is 27.3 Å². The Morgan fingerprint density at radius 1 is 1.47 bits per heavy atom. The van der Waals surface area contributed by atoms with Crippen LogP contribution in [0.25, 0.3) is 0 Å². The molecule has 96 valence electrons. The Kier molecular flexibility index (Phi) is 4.64. The average Bonchev–Trinajstić information content (AvgIpc) is 2.86. The third-order valence-electron chi connectivity index (χ3n) is 3.67. The van der Waals surface area contributed by atoms with Crippen molar-refractivity contribution in [2.75, 3.05) is 13.6 Å². The topological polar surface area (TPSA) is 29.3 Å². The van der Waals surface area contributed by atoms with Crippen molar-refractivity contribution in [3.8, 4) is 0 Å². The largest absolute Gasteiger partial charge is 0.325 e. The second-order valence-electron chi connectivity index (χ2n) is 5.32. The van der Waals surface area contributed by atoms with Gasteiger partial charge >= 0.3 is 0 Å². The standard InChI is InChI=1S/C13H21BrN2S/c1-16(9-11-8-12(14)17-10-11)7-6-13(15)4-2-3-5-13/h8,10H,2-7,9,15H2,1H3. The Balaban J connectivity index is 1.75. The smallest absolute Gasteiger partial charge is 0.0701 e. The van der Waals surface area contributed by atoms with Crippen LogP contribution in [0.5, 0.6) is 0 Å². The molecule has 0 amide bonds. The maximum Gasteiger partial charge on any atom is 0.0701 e. The third kappa shape index (κ3) is 4.05. The number of hydrogen-bond acceptors (Lipinski definition) is 3. The van der Waals surface area contributed by atoms with Crippen LogP contribution in [0.3, 0.4) is 0 Å². The van der Waals surface area contributed by atoms with Gasteiger partial charge in [0, 0.05) is 12.1 Å². The number of halogens is 1. The summed E-state index contributed by atoms with van der Waals surface area (Å²) in [7, 11) is 2.18. The first kappa shape index (κ1) is 13.5. The van der Waals surface area contributed by atoms with Gasteiger partial charge in [0.25, 0.3) is 0 Å². The second kappa shape index (κ2) is 5.83. The highest BCUT2D eigenvalue weighted by atomic mass is 79.9. The molecule has 0 unspecified atom stereocenters. The van der Waals surface area contributed by atoms with Gasteiger partial charge in [0.05, 0.1) is 3.79 Å². The lowest BCUT2D eigenvalue weighted by atomic mass is 9.94. The molecule has 2 N–H and O–H groups in total. The van der Waals surface area contributed by atoms with Gasteiger partial charge in [-0.05, 0) is 65.8 Å². The number of nitrogens with two attached hydrogens (primary N) is 1. The fourth-order valence-electron chi connectivity index (χ4n) is 2.56. The molecule has 1 aliphatic carbocycles. The minimum atomic E-state index is 0.128. The van der Waals surface area contributed by atoms with Crippen LogP contribution < -0.4 is 5.73 Å². The fraction of sp³-hybridized carbons (Fsp3) is 0.692. The Morgan fingerprint density at radius 2 is 2.18 bits per heavy atom. The van der Waals surface area contributed by atoms with Crippen molar-refractivity contribution in [1.29, 1.82) is 0 Å². The van der Waals surface area contributed by atoms with Gasteiger partial charge in [-0.15, -0.1) is 11.3 Å². The monoisotopic (exact) mass is 316 g/mol. The van der Waals surface area contributed by atoms with Gasteiger partial charge in [-0.3, -0.25) is 0 Å². The van der Waals surface area contributed by atoms with Gasteiger partial charge in [0.1, 0.15) is 0 Å². The van der Waals surface area contributed by atoms with Gasteiger partial charge in [-0.25, -0.2) is 0 Å². The molecule has 2 nitrogen and oxygen atoms in total. The molecular formula is C13H21BrN2S. The van der Waals surface area contributed by atoms with Crippen molar-refractivity contribution in [3.05, 3.63) is 20.8 Å². The molecular weight excluding hydrogens is 296 g/mol. The molecule has 0 aromatic carbocycles. The van der Waals surface area contributed by atoms with Crippen LogP contribution in [-0.4, -0.2) is 24.0 Å². The van der Waals surface area contributed by atoms with Crippen LogP contribution >= 0.6 is 27.3 Å². The quantitative estimate of drug-likeness (QED) is 0.899. The number of nitrogens with zero attached hydrogens (tertiary/aromatic N) is 1. The fourth-order valence-corrected chi connectivity index (χ4v) is 3.76.